The zero-order valence-electron chi connectivity index (χ0n) is 9.43. The molecule has 1 unspecified atom stereocenters. The number of carbonyl (C=O) groups excluding carboxylic acids is 1. The van der Waals surface area contributed by atoms with Crippen molar-refractivity contribution in [2.45, 2.75) is 18.9 Å². The molecule has 0 spiro atoms. The van der Waals surface area contributed by atoms with E-state index in [-0.39, 0.29) is 12.0 Å². The molecular formula is C12H15ClN2O2. The zero-order chi connectivity index (χ0) is 12.3. The highest BCUT2D eigenvalue weighted by Crippen LogP contribution is 2.20. The SMILES string of the molecule is NOC1CCCN(C(=O)c2ccccc2Cl)C1. The average molecular weight is 255 g/mol. The molecule has 0 saturated carbocycles. The molecule has 0 aromatic heterocycles. The average Bonchev–Trinajstić information content (AvgIpc) is 2.38. The highest BCUT2D eigenvalue weighted by atomic mass is 35.5. The van der Waals surface area contributed by atoms with Gasteiger partial charge in [0.05, 0.1) is 16.7 Å². The number of halogens is 1. The number of hydrogen-bond acceptors (Lipinski definition) is 3. The molecule has 1 aromatic carbocycles. The number of amides is 1. The van der Waals surface area contributed by atoms with E-state index in [0.717, 1.165) is 19.4 Å². The van der Waals surface area contributed by atoms with Crippen LogP contribution in [-0.4, -0.2) is 30.0 Å². The van der Waals surface area contributed by atoms with Crippen molar-refractivity contribution < 1.29 is 9.63 Å². The lowest BCUT2D eigenvalue weighted by Crippen LogP contribution is -2.44. The lowest BCUT2D eigenvalue weighted by Gasteiger charge is -2.31. The first-order chi connectivity index (χ1) is 8.22. The van der Waals surface area contributed by atoms with Crippen LogP contribution in [0, 0.1) is 0 Å². The second kappa shape index (κ2) is 5.49. The minimum atomic E-state index is -0.0739. The monoisotopic (exact) mass is 254 g/mol. The van der Waals surface area contributed by atoms with Crippen LogP contribution >= 0.6 is 11.6 Å². The molecule has 0 bridgehead atoms. The highest BCUT2D eigenvalue weighted by molar-refractivity contribution is 6.33. The summed E-state index contributed by atoms with van der Waals surface area (Å²) >= 11 is 6.01. The van der Waals surface area contributed by atoms with Gasteiger partial charge in [0.15, 0.2) is 0 Å². The predicted molar refractivity (Wildman–Crippen MR) is 65.6 cm³/mol. The Morgan fingerprint density at radius 1 is 1.47 bits per heavy atom. The molecule has 1 aromatic rings. The lowest BCUT2D eigenvalue weighted by molar-refractivity contribution is 0.000970. The van der Waals surface area contributed by atoms with Crippen molar-refractivity contribution in [1.29, 1.82) is 0 Å². The van der Waals surface area contributed by atoms with Crippen molar-refractivity contribution in [2.75, 3.05) is 13.1 Å². The van der Waals surface area contributed by atoms with Gasteiger partial charge in [-0.05, 0) is 25.0 Å². The molecule has 1 aliphatic heterocycles. The summed E-state index contributed by atoms with van der Waals surface area (Å²) in [5.74, 6) is 5.11. The molecule has 5 heteroatoms. The van der Waals surface area contributed by atoms with Crippen molar-refractivity contribution in [3.05, 3.63) is 34.9 Å². The maximum absolute atomic E-state index is 12.2. The van der Waals surface area contributed by atoms with Crippen molar-refractivity contribution in [3.8, 4) is 0 Å². The summed E-state index contributed by atoms with van der Waals surface area (Å²) in [6.45, 7) is 1.25. The number of carbonyl (C=O) groups is 1. The predicted octanol–water partition coefficient (Wildman–Crippen LogP) is 1.83. The van der Waals surface area contributed by atoms with Crippen LogP contribution in [0.4, 0.5) is 0 Å². The molecule has 1 fully saturated rings. The van der Waals surface area contributed by atoms with Crippen LogP contribution < -0.4 is 5.90 Å². The number of hydrogen-bond donors (Lipinski definition) is 1. The smallest absolute Gasteiger partial charge is 0.255 e. The first-order valence-corrected chi connectivity index (χ1v) is 5.99. The van der Waals surface area contributed by atoms with Crippen LogP contribution in [0.3, 0.4) is 0 Å². The fourth-order valence-electron chi connectivity index (χ4n) is 2.04. The summed E-state index contributed by atoms with van der Waals surface area (Å²) in [6.07, 6.45) is 1.72. The fraction of sp³-hybridized carbons (Fsp3) is 0.417. The van der Waals surface area contributed by atoms with Gasteiger partial charge in [0.25, 0.3) is 5.91 Å². The maximum atomic E-state index is 12.2. The van der Waals surface area contributed by atoms with Crippen molar-refractivity contribution in [3.63, 3.8) is 0 Å². The Morgan fingerprint density at radius 3 is 2.94 bits per heavy atom. The Bertz CT molecular complexity index is 411. The van der Waals surface area contributed by atoms with Crippen LogP contribution in [-0.2, 0) is 4.84 Å². The van der Waals surface area contributed by atoms with E-state index in [9.17, 15) is 4.79 Å². The largest absolute Gasteiger partial charge is 0.336 e. The summed E-state index contributed by atoms with van der Waals surface area (Å²) in [5, 5.41) is 0.480. The molecule has 17 heavy (non-hydrogen) atoms. The Morgan fingerprint density at radius 2 is 2.24 bits per heavy atom. The molecule has 92 valence electrons. The van der Waals surface area contributed by atoms with Crippen LogP contribution in [0.1, 0.15) is 23.2 Å². The molecule has 2 rings (SSSR count). The molecular weight excluding hydrogens is 240 g/mol. The van der Waals surface area contributed by atoms with Gasteiger partial charge in [0.1, 0.15) is 0 Å². The fourth-order valence-corrected chi connectivity index (χ4v) is 2.26. The third kappa shape index (κ3) is 2.77. The number of nitrogens with zero attached hydrogens (tertiary/aromatic N) is 1. The quantitative estimate of drug-likeness (QED) is 0.820. The number of benzene rings is 1. The number of piperidine rings is 1. The normalized spacial score (nSPS) is 20.4. The molecule has 2 N–H and O–H groups in total. The Balaban J connectivity index is 2.12. The van der Waals surface area contributed by atoms with Gasteiger partial charge in [0.2, 0.25) is 0 Å². The summed E-state index contributed by atoms with van der Waals surface area (Å²) in [5.41, 5.74) is 0.534. The highest BCUT2D eigenvalue weighted by Gasteiger charge is 2.25. The van der Waals surface area contributed by atoms with E-state index in [0.29, 0.717) is 17.1 Å². The summed E-state index contributed by atoms with van der Waals surface area (Å²) in [6, 6.07) is 7.06. The molecule has 0 aliphatic carbocycles. The second-order valence-electron chi connectivity index (χ2n) is 4.13. The standard InChI is InChI=1S/C12H15ClN2O2/c13-11-6-2-1-5-10(11)12(16)15-7-3-4-9(8-15)17-14/h1-2,5-6,9H,3-4,7-8,14H2. The minimum Gasteiger partial charge on any atom is -0.336 e. The van der Waals surface area contributed by atoms with E-state index in [1.54, 1.807) is 29.2 Å². The van der Waals surface area contributed by atoms with Gasteiger partial charge in [-0.3, -0.25) is 9.63 Å². The number of likely N-dealkylation sites (tertiary alicyclic amines) is 1. The van der Waals surface area contributed by atoms with Crippen molar-refractivity contribution in [1.82, 2.24) is 4.90 Å². The molecule has 0 radical (unpaired) electrons. The molecule has 1 atom stereocenters. The minimum absolute atomic E-state index is 0.0580. The van der Waals surface area contributed by atoms with Crippen LogP contribution in [0.15, 0.2) is 24.3 Å². The third-order valence-electron chi connectivity index (χ3n) is 2.96. The van der Waals surface area contributed by atoms with Gasteiger partial charge in [-0.15, -0.1) is 0 Å². The molecule has 4 nitrogen and oxygen atoms in total. The van der Waals surface area contributed by atoms with Gasteiger partial charge >= 0.3 is 0 Å². The lowest BCUT2D eigenvalue weighted by atomic mass is 10.1. The van der Waals surface area contributed by atoms with Crippen molar-refractivity contribution >= 4 is 17.5 Å². The first kappa shape index (κ1) is 12.4. The zero-order valence-corrected chi connectivity index (χ0v) is 10.2. The topological polar surface area (TPSA) is 55.6 Å². The summed E-state index contributed by atoms with van der Waals surface area (Å²) in [4.78, 5) is 18.8. The maximum Gasteiger partial charge on any atom is 0.255 e. The summed E-state index contributed by atoms with van der Waals surface area (Å²) in [7, 11) is 0. The van der Waals surface area contributed by atoms with Gasteiger partial charge in [0, 0.05) is 13.1 Å². The first-order valence-electron chi connectivity index (χ1n) is 5.61. The van der Waals surface area contributed by atoms with Gasteiger partial charge in [-0.2, -0.15) is 0 Å². The Kier molecular flexibility index (Phi) is 3.99. The van der Waals surface area contributed by atoms with Crippen LogP contribution in [0.2, 0.25) is 5.02 Å². The summed E-state index contributed by atoms with van der Waals surface area (Å²) < 4.78 is 0. The van der Waals surface area contributed by atoms with E-state index >= 15 is 0 Å². The van der Waals surface area contributed by atoms with Gasteiger partial charge in [-0.1, -0.05) is 23.7 Å². The van der Waals surface area contributed by atoms with Crippen molar-refractivity contribution in [2.24, 2.45) is 5.90 Å². The number of nitrogens with two attached hydrogens (primary N) is 1. The Hall–Kier alpha value is -1.10. The van der Waals surface area contributed by atoms with E-state index in [1.807, 2.05) is 0 Å². The van der Waals surface area contributed by atoms with E-state index in [2.05, 4.69) is 0 Å². The third-order valence-corrected chi connectivity index (χ3v) is 3.29. The molecule has 1 saturated heterocycles. The Labute approximate surface area is 105 Å². The second-order valence-corrected chi connectivity index (χ2v) is 4.54. The molecule has 1 aliphatic rings. The van der Waals surface area contributed by atoms with Gasteiger partial charge < -0.3 is 4.90 Å². The van der Waals surface area contributed by atoms with Crippen LogP contribution in [0.5, 0.6) is 0 Å². The van der Waals surface area contributed by atoms with E-state index in [1.165, 1.54) is 0 Å². The van der Waals surface area contributed by atoms with Crippen LogP contribution in [0.25, 0.3) is 0 Å². The van der Waals surface area contributed by atoms with Gasteiger partial charge in [-0.25, -0.2) is 5.90 Å². The van der Waals surface area contributed by atoms with E-state index < -0.39 is 0 Å². The molecule has 1 amide bonds. The van der Waals surface area contributed by atoms with E-state index in [4.69, 9.17) is 22.3 Å². The molecule has 1 heterocycles. The number of rotatable bonds is 2.